The van der Waals surface area contributed by atoms with E-state index < -0.39 is 23.0 Å². The Labute approximate surface area is 242 Å². The lowest BCUT2D eigenvalue weighted by atomic mass is 10.0. The molecule has 0 saturated heterocycles. The summed E-state index contributed by atoms with van der Waals surface area (Å²) in [7, 11) is 2.91. The highest BCUT2D eigenvalue weighted by Crippen LogP contribution is 2.35. The SMILES string of the molecule is COc1cc2nccc(Oc3ccc(NC(=O)c4cn5cc(C)oc5c(-c5ccc(F)cc5)c4=O)cc3F)c2nc1OC. The molecule has 0 aliphatic heterocycles. The van der Waals surface area contributed by atoms with Crippen LogP contribution in [0.2, 0.25) is 0 Å². The molecule has 0 bridgehead atoms. The lowest BCUT2D eigenvalue weighted by Crippen LogP contribution is -2.23. The van der Waals surface area contributed by atoms with E-state index in [1.807, 2.05) is 0 Å². The summed E-state index contributed by atoms with van der Waals surface area (Å²) in [4.78, 5) is 35.4. The number of carbonyl (C=O) groups excluding carboxylic acids is 1. The number of hydrogen-bond donors (Lipinski definition) is 1. The second kappa shape index (κ2) is 10.9. The molecule has 1 N–H and O–H groups in total. The van der Waals surface area contributed by atoms with E-state index in [2.05, 4.69) is 15.3 Å². The number of carbonyl (C=O) groups is 1. The number of aryl methyl sites for hydroxylation is 1. The van der Waals surface area contributed by atoms with E-state index in [0.717, 1.165) is 6.07 Å². The van der Waals surface area contributed by atoms with Crippen LogP contribution in [0, 0.1) is 18.6 Å². The summed E-state index contributed by atoms with van der Waals surface area (Å²) in [6, 6.07) is 12.2. The highest BCUT2D eigenvalue weighted by Gasteiger charge is 2.22. The third-order valence-corrected chi connectivity index (χ3v) is 6.57. The third-order valence-electron chi connectivity index (χ3n) is 6.57. The van der Waals surface area contributed by atoms with Crippen LogP contribution in [0.4, 0.5) is 14.5 Å². The Kier molecular flexibility index (Phi) is 6.94. The van der Waals surface area contributed by atoms with Gasteiger partial charge < -0.3 is 23.9 Å². The minimum Gasteiger partial charge on any atom is -0.491 e. The summed E-state index contributed by atoms with van der Waals surface area (Å²) >= 11 is 0. The Morgan fingerprint density at radius 1 is 0.953 bits per heavy atom. The number of amides is 1. The first-order valence-corrected chi connectivity index (χ1v) is 12.8. The minimum atomic E-state index is -0.784. The maximum Gasteiger partial charge on any atom is 0.261 e. The molecular weight excluding hydrogens is 562 g/mol. The third kappa shape index (κ3) is 5.10. The average molecular weight is 585 g/mol. The Morgan fingerprint density at radius 3 is 2.47 bits per heavy atom. The molecule has 0 aliphatic carbocycles. The molecule has 0 aliphatic rings. The molecule has 0 unspecified atom stereocenters. The van der Waals surface area contributed by atoms with Gasteiger partial charge in [0.05, 0.1) is 31.5 Å². The highest BCUT2D eigenvalue weighted by atomic mass is 19.1. The molecule has 0 radical (unpaired) electrons. The van der Waals surface area contributed by atoms with Crippen LogP contribution in [0.3, 0.4) is 0 Å². The summed E-state index contributed by atoms with van der Waals surface area (Å²) in [6.45, 7) is 1.69. The van der Waals surface area contributed by atoms with Crippen LogP contribution in [0.1, 0.15) is 16.1 Å². The number of hydrogen-bond acceptors (Lipinski definition) is 8. The molecule has 12 heteroatoms. The summed E-state index contributed by atoms with van der Waals surface area (Å²) < 4.78 is 52.3. The molecule has 6 aromatic rings. The first-order chi connectivity index (χ1) is 20.7. The summed E-state index contributed by atoms with van der Waals surface area (Å²) in [5.74, 6) is -0.901. The number of anilines is 1. The van der Waals surface area contributed by atoms with Crippen molar-refractivity contribution < 1.29 is 32.2 Å². The van der Waals surface area contributed by atoms with Gasteiger partial charge in [0.2, 0.25) is 11.1 Å². The van der Waals surface area contributed by atoms with Gasteiger partial charge in [-0.25, -0.2) is 13.8 Å². The molecule has 0 fully saturated rings. The van der Waals surface area contributed by atoms with Gasteiger partial charge in [-0.05, 0) is 36.8 Å². The molecule has 4 aromatic heterocycles. The number of rotatable bonds is 7. The number of methoxy groups -OCH3 is 2. The van der Waals surface area contributed by atoms with Gasteiger partial charge in [0, 0.05) is 36.3 Å². The lowest BCUT2D eigenvalue weighted by molar-refractivity contribution is 0.102. The average Bonchev–Trinajstić information content (AvgIpc) is 3.37. The van der Waals surface area contributed by atoms with Gasteiger partial charge >= 0.3 is 0 Å². The number of nitrogens with one attached hydrogen (secondary N) is 1. The number of halogens is 2. The predicted octanol–water partition coefficient (Wildman–Crippen LogP) is 6.15. The fraction of sp³-hybridized carbons (Fsp3) is 0.0968. The van der Waals surface area contributed by atoms with Gasteiger partial charge in [-0.2, -0.15) is 0 Å². The van der Waals surface area contributed by atoms with Crippen molar-refractivity contribution in [1.82, 2.24) is 14.4 Å². The van der Waals surface area contributed by atoms with Gasteiger partial charge in [0.1, 0.15) is 22.7 Å². The maximum absolute atomic E-state index is 15.2. The quantitative estimate of drug-likeness (QED) is 0.238. The zero-order chi connectivity index (χ0) is 30.2. The molecule has 0 spiro atoms. The van der Waals surface area contributed by atoms with E-state index in [0.29, 0.717) is 28.1 Å². The van der Waals surface area contributed by atoms with Crippen molar-refractivity contribution >= 4 is 28.3 Å². The number of pyridine rings is 3. The molecule has 2 aromatic carbocycles. The van der Waals surface area contributed by atoms with Crippen LogP contribution in [0.25, 0.3) is 27.9 Å². The predicted molar refractivity (Wildman–Crippen MR) is 153 cm³/mol. The summed E-state index contributed by atoms with van der Waals surface area (Å²) in [5.41, 5.74) is 0.634. The van der Waals surface area contributed by atoms with Gasteiger partial charge in [-0.15, -0.1) is 0 Å². The standard InChI is InChI=1S/C31H22F2N4O6/c1-16-14-37-15-20(28(38)26(31(37)42-16)17-4-6-18(32)7-5-17)29(39)35-19-8-9-23(21(33)12-19)43-24-10-11-34-22-13-25(40-2)30(41-3)36-27(22)24/h4-15H,1-3H3,(H,35,39). The van der Waals surface area contributed by atoms with Gasteiger partial charge in [0.25, 0.3) is 11.8 Å². The van der Waals surface area contributed by atoms with Crippen molar-refractivity contribution in [1.29, 1.82) is 0 Å². The van der Waals surface area contributed by atoms with E-state index in [-0.39, 0.29) is 39.9 Å². The second-order valence-corrected chi connectivity index (χ2v) is 9.39. The molecule has 6 rings (SSSR count). The molecule has 43 heavy (non-hydrogen) atoms. The number of aromatic nitrogens is 3. The Morgan fingerprint density at radius 2 is 1.74 bits per heavy atom. The lowest BCUT2D eigenvalue weighted by Gasteiger charge is -2.12. The number of nitrogens with zero attached hydrogens (tertiary/aromatic N) is 3. The monoisotopic (exact) mass is 584 g/mol. The minimum absolute atomic E-state index is 0.0789. The smallest absolute Gasteiger partial charge is 0.261 e. The fourth-order valence-electron chi connectivity index (χ4n) is 4.59. The van der Waals surface area contributed by atoms with Crippen molar-refractivity contribution in [2.24, 2.45) is 0 Å². The molecule has 0 atom stereocenters. The van der Waals surface area contributed by atoms with Crippen LogP contribution < -0.4 is 25.0 Å². The van der Waals surface area contributed by atoms with E-state index in [1.165, 1.54) is 73.5 Å². The number of benzene rings is 2. The summed E-state index contributed by atoms with van der Waals surface area (Å²) in [6.07, 6.45) is 4.41. The topological polar surface area (TPSA) is 117 Å². The Balaban J connectivity index is 1.30. The molecule has 1 amide bonds. The maximum atomic E-state index is 15.2. The van der Waals surface area contributed by atoms with Crippen LogP contribution in [0.5, 0.6) is 23.1 Å². The van der Waals surface area contributed by atoms with E-state index in [1.54, 1.807) is 19.2 Å². The van der Waals surface area contributed by atoms with Crippen LogP contribution in [-0.2, 0) is 0 Å². The number of oxazole rings is 1. The van der Waals surface area contributed by atoms with Gasteiger partial charge in [-0.1, -0.05) is 12.1 Å². The molecule has 4 heterocycles. The molecular formula is C31H22F2N4O6. The Bertz CT molecular complexity index is 2090. The van der Waals surface area contributed by atoms with Crippen molar-refractivity contribution in [2.75, 3.05) is 19.5 Å². The van der Waals surface area contributed by atoms with Crippen molar-refractivity contribution in [3.63, 3.8) is 0 Å². The van der Waals surface area contributed by atoms with Crippen LogP contribution in [0.15, 0.2) is 82.4 Å². The summed E-state index contributed by atoms with van der Waals surface area (Å²) in [5, 5.41) is 2.56. The molecule has 0 saturated carbocycles. The van der Waals surface area contributed by atoms with Crippen molar-refractivity contribution in [3.05, 3.63) is 106 Å². The van der Waals surface area contributed by atoms with E-state index in [4.69, 9.17) is 18.6 Å². The fourth-order valence-corrected chi connectivity index (χ4v) is 4.59. The highest BCUT2D eigenvalue weighted by molar-refractivity contribution is 6.05. The molecule has 216 valence electrons. The molecule has 10 nitrogen and oxygen atoms in total. The number of fused-ring (bicyclic) bond motifs is 2. The van der Waals surface area contributed by atoms with E-state index >= 15 is 4.39 Å². The first-order valence-electron chi connectivity index (χ1n) is 12.8. The normalized spacial score (nSPS) is 11.1. The van der Waals surface area contributed by atoms with Gasteiger partial charge in [-0.3, -0.25) is 19.0 Å². The van der Waals surface area contributed by atoms with Crippen LogP contribution >= 0.6 is 0 Å². The van der Waals surface area contributed by atoms with E-state index in [9.17, 15) is 14.0 Å². The Hall–Kier alpha value is -5.78. The zero-order valence-electron chi connectivity index (χ0n) is 23.0. The van der Waals surface area contributed by atoms with Crippen molar-refractivity contribution in [2.45, 2.75) is 6.92 Å². The zero-order valence-corrected chi connectivity index (χ0v) is 23.0. The second-order valence-electron chi connectivity index (χ2n) is 9.39. The largest absolute Gasteiger partial charge is 0.491 e. The van der Waals surface area contributed by atoms with Crippen LogP contribution in [-0.4, -0.2) is 34.5 Å². The van der Waals surface area contributed by atoms with Gasteiger partial charge in [0.15, 0.2) is 23.1 Å². The number of ether oxygens (including phenoxy) is 3. The first kappa shape index (κ1) is 27.4. The van der Waals surface area contributed by atoms with Crippen molar-refractivity contribution in [3.8, 4) is 34.3 Å².